The van der Waals surface area contributed by atoms with E-state index in [0.717, 1.165) is 24.3 Å². The number of hydrogen-bond donors (Lipinski definition) is 3. The molecule has 7 heteroatoms. The molecule has 0 aliphatic heterocycles. The Kier molecular flexibility index (Phi) is 4.32. The molecule has 0 radical (unpaired) electrons. The molecule has 1 fully saturated rings. The van der Waals surface area contributed by atoms with Gasteiger partial charge < -0.3 is 16.0 Å². The molecule has 0 unspecified atom stereocenters. The molecule has 0 bridgehead atoms. The van der Waals surface area contributed by atoms with E-state index in [2.05, 4.69) is 25.7 Å². The predicted molar refractivity (Wildman–Crippen MR) is 89.0 cm³/mol. The fourth-order valence-corrected chi connectivity index (χ4v) is 2.73. The number of aromatic nitrogens is 4. The van der Waals surface area contributed by atoms with Crippen molar-refractivity contribution >= 4 is 23.7 Å². The van der Waals surface area contributed by atoms with Crippen molar-refractivity contribution in [3.8, 4) is 0 Å². The van der Waals surface area contributed by atoms with Gasteiger partial charge in [-0.25, -0.2) is 4.98 Å². The van der Waals surface area contributed by atoms with Crippen LogP contribution in [0.2, 0.25) is 0 Å². The van der Waals surface area contributed by atoms with Gasteiger partial charge in [-0.15, -0.1) is 0 Å². The van der Waals surface area contributed by atoms with Crippen LogP contribution in [0.4, 0.5) is 17.5 Å². The first-order valence-electron chi connectivity index (χ1n) is 7.64. The highest BCUT2D eigenvalue weighted by Crippen LogP contribution is 2.23. The monoisotopic (exact) mass is 301 g/mol. The van der Waals surface area contributed by atoms with E-state index in [-0.39, 0.29) is 1.43 Å². The van der Waals surface area contributed by atoms with Crippen molar-refractivity contribution in [1.29, 1.82) is 5.41 Å². The van der Waals surface area contributed by atoms with Gasteiger partial charge in [0.25, 0.3) is 0 Å². The van der Waals surface area contributed by atoms with Crippen molar-refractivity contribution in [3.05, 3.63) is 24.2 Å². The number of nitrogens with one attached hydrogen (secondary N) is 3. The molecule has 0 saturated heterocycles. The van der Waals surface area contributed by atoms with Crippen LogP contribution in [0, 0.1) is 5.41 Å². The van der Waals surface area contributed by atoms with E-state index in [4.69, 9.17) is 5.41 Å². The summed E-state index contributed by atoms with van der Waals surface area (Å²) in [5, 5.41) is 18.2. The molecule has 1 saturated carbocycles. The second-order valence-electron chi connectivity index (χ2n) is 5.65. The molecule has 0 amide bonds. The molecule has 1 aliphatic rings. The summed E-state index contributed by atoms with van der Waals surface area (Å²) in [6, 6.07) is 0.439. The highest BCUT2D eigenvalue weighted by molar-refractivity contribution is 5.84. The Bertz CT molecular complexity index is 649. The minimum atomic E-state index is 0. The SMILES string of the molecule is Cn1cc(Nc2ncc(C=N)c(NC3CCCCC3)n2)cn1.[HH]. The lowest BCUT2D eigenvalue weighted by atomic mass is 9.95. The molecule has 118 valence electrons. The van der Waals surface area contributed by atoms with E-state index in [1.807, 2.05) is 13.2 Å². The molecule has 1 aliphatic carbocycles. The van der Waals surface area contributed by atoms with E-state index in [0.29, 0.717) is 17.6 Å². The average molecular weight is 301 g/mol. The standard InChI is InChI=1S/C15H21N7.H2/c1-22-10-13(9-18-22)20-15-17-8-11(7-16)14(21-15)19-12-5-3-2-4-6-12;/h7-10,12,16H,2-6H2,1H3,(H2,17,19,20,21);1H. The molecule has 3 rings (SSSR count). The number of nitrogens with zero attached hydrogens (tertiary/aromatic N) is 4. The minimum absolute atomic E-state index is 0. The smallest absolute Gasteiger partial charge is 0.229 e. The molecule has 3 N–H and O–H groups in total. The van der Waals surface area contributed by atoms with Gasteiger partial charge in [0, 0.05) is 33.1 Å². The zero-order valence-electron chi connectivity index (χ0n) is 12.7. The number of rotatable bonds is 5. The average Bonchev–Trinajstić information content (AvgIpc) is 2.94. The number of anilines is 3. The highest BCUT2D eigenvalue weighted by Gasteiger charge is 2.15. The first-order chi connectivity index (χ1) is 10.7. The third-order valence-corrected chi connectivity index (χ3v) is 3.88. The van der Waals surface area contributed by atoms with Gasteiger partial charge >= 0.3 is 0 Å². The topological polar surface area (TPSA) is 91.5 Å². The fraction of sp³-hybridized carbons (Fsp3) is 0.467. The van der Waals surface area contributed by atoms with Crippen LogP contribution in [0.1, 0.15) is 39.1 Å². The third kappa shape index (κ3) is 3.41. The van der Waals surface area contributed by atoms with Gasteiger partial charge in [-0.05, 0) is 12.8 Å². The summed E-state index contributed by atoms with van der Waals surface area (Å²) < 4.78 is 1.72. The zero-order valence-corrected chi connectivity index (χ0v) is 12.7. The Morgan fingerprint density at radius 3 is 2.82 bits per heavy atom. The van der Waals surface area contributed by atoms with Gasteiger partial charge in [0.1, 0.15) is 5.82 Å². The second-order valence-corrected chi connectivity index (χ2v) is 5.65. The maximum Gasteiger partial charge on any atom is 0.229 e. The van der Waals surface area contributed by atoms with Gasteiger partial charge in [-0.1, -0.05) is 19.3 Å². The van der Waals surface area contributed by atoms with Crippen molar-refractivity contribution in [2.45, 2.75) is 38.1 Å². The maximum absolute atomic E-state index is 7.52. The maximum atomic E-state index is 7.52. The molecule has 0 spiro atoms. The second kappa shape index (κ2) is 6.55. The van der Waals surface area contributed by atoms with Gasteiger partial charge in [-0.2, -0.15) is 10.1 Å². The highest BCUT2D eigenvalue weighted by atomic mass is 15.3. The predicted octanol–water partition coefficient (Wildman–Crippen LogP) is 2.94. The lowest BCUT2D eigenvalue weighted by Gasteiger charge is -2.24. The normalized spacial score (nSPS) is 15.5. The Hall–Kier alpha value is -2.44. The summed E-state index contributed by atoms with van der Waals surface area (Å²) in [5.74, 6) is 1.24. The molecular weight excluding hydrogens is 278 g/mol. The van der Waals surface area contributed by atoms with Crippen LogP contribution >= 0.6 is 0 Å². The molecule has 0 aromatic carbocycles. The Morgan fingerprint density at radius 2 is 2.14 bits per heavy atom. The summed E-state index contributed by atoms with van der Waals surface area (Å²) in [4.78, 5) is 8.78. The summed E-state index contributed by atoms with van der Waals surface area (Å²) in [5.41, 5.74) is 1.55. The first-order valence-corrected chi connectivity index (χ1v) is 7.64. The van der Waals surface area contributed by atoms with Crippen LogP contribution in [0.3, 0.4) is 0 Å². The molecule has 2 heterocycles. The van der Waals surface area contributed by atoms with Crippen LogP contribution in [-0.2, 0) is 7.05 Å². The van der Waals surface area contributed by atoms with Gasteiger partial charge in [0.15, 0.2) is 0 Å². The minimum Gasteiger partial charge on any atom is -0.367 e. The third-order valence-electron chi connectivity index (χ3n) is 3.88. The molecule has 2 aromatic heterocycles. The summed E-state index contributed by atoms with van der Waals surface area (Å²) in [6.07, 6.45) is 12.7. The van der Waals surface area contributed by atoms with Crippen molar-refractivity contribution < 1.29 is 1.43 Å². The summed E-state index contributed by atoms with van der Waals surface area (Å²) >= 11 is 0. The van der Waals surface area contributed by atoms with Gasteiger partial charge in [0.05, 0.1) is 17.4 Å². The van der Waals surface area contributed by atoms with Gasteiger partial charge in [-0.3, -0.25) is 4.68 Å². The Morgan fingerprint density at radius 1 is 1.32 bits per heavy atom. The van der Waals surface area contributed by atoms with Crippen LogP contribution in [0.5, 0.6) is 0 Å². The van der Waals surface area contributed by atoms with Crippen molar-refractivity contribution in [2.24, 2.45) is 7.05 Å². The Labute approximate surface area is 131 Å². The van der Waals surface area contributed by atoms with Crippen LogP contribution in [0.15, 0.2) is 18.6 Å². The molecule has 2 aromatic rings. The van der Waals surface area contributed by atoms with Crippen molar-refractivity contribution in [2.75, 3.05) is 10.6 Å². The van der Waals surface area contributed by atoms with E-state index in [9.17, 15) is 0 Å². The molecular formula is C15H23N7. The van der Waals surface area contributed by atoms with Crippen LogP contribution in [-0.4, -0.2) is 32.0 Å². The van der Waals surface area contributed by atoms with Crippen molar-refractivity contribution in [1.82, 2.24) is 19.7 Å². The lowest BCUT2D eigenvalue weighted by Crippen LogP contribution is -2.24. The Balaban J connectivity index is 0.00000192. The fourth-order valence-electron chi connectivity index (χ4n) is 2.73. The zero-order chi connectivity index (χ0) is 15.4. The largest absolute Gasteiger partial charge is 0.367 e. The quantitative estimate of drug-likeness (QED) is 0.738. The van der Waals surface area contributed by atoms with E-state index < -0.39 is 0 Å². The lowest BCUT2D eigenvalue weighted by molar-refractivity contribution is 0.462. The number of hydrogen-bond acceptors (Lipinski definition) is 6. The summed E-state index contributed by atoms with van der Waals surface area (Å²) in [6.45, 7) is 0. The van der Waals surface area contributed by atoms with E-state index in [1.165, 1.54) is 25.5 Å². The molecule has 7 nitrogen and oxygen atoms in total. The van der Waals surface area contributed by atoms with Crippen molar-refractivity contribution in [3.63, 3.8) is 0 Å². The summed E-state index contributed by atoms with van der Waals surface area (Å²) in [7, 11) is 1.86. The van der Waals surface area contributed by atoms with E-state index >= 15 is 0 Å². The molecule has 0 atom stereocenters. The van der Waals surface area contributed by atoms with Crippen LogP contribution < -0.4 is 10.6 Å². The number of aryl methyl sites for hydroxylation is 1. The first kappa shape index (κ1) is 14.5. The van der Waals surface area contributed by atoms with Crippen LogP contribution in [0.25, 0.3) is 0 Å². The molecule has 22 heavy (non-hydrogen) atoms. The van der Waals surface area contributed by atoms with Gasteiger partial charge in [0.2, 0.25) is 5.95 Å². The van der Waals surface area contributed by atoms with E-state index in [1.54, 1.807) is 17.1 Å².